The number of hydrogen-bond acceptors (Lipinski definition) is 3. The van der Waals surface area contributed by atoms with E-state index in [2.05, 4.69) is 0 Å². The fourth-order valence-electron chi connectivity index (χ4n) is 1.03. The van der Waals surface area contributed by atoms with Gasteiger partial charge >= 0.3 is 0 Å². The highest BCUT2D eigenvalue weighted by Crippen LogP contribution is 2.23. The second-order valence-electron chi connectivity index (χ2n) is 3.16. The van der Waals surface area contributed by atoms with Crippen molar-refractivity contribution in [1.82, 2.24) is 0 Å². The van der Waals surface area contributed by atoms with Crippen LogP contribution in [0.3, 0.4) is 0 Å². The third-order valence-corrected chi connectivity index (χ3v) is 3.06. The molecule has 0 heterocycles. The maximum absolute atomic E-state index is 13.1. The average Bonchev–Trinajstić information content (AvgIpc) is 2.20. The van der Waals surface area contributed by atoms with Crippen LogP contribution in [0.4, 0.5) is 8.78 Å². The molecule has 1 aromatic carbocycles. The number of aliphatic hydroxyl groups is 1. The Bertz CT molecular complexity index is 322. The molecule has 0 amide bonds. The lowest BCUT2D eigenvalue weighted by Gasteiger charge is -2.09. The summed E-state index contributed by atoms with van der Waals surface area (Å²) in [5, 5.41) is 8.61. The molecule has 3 N–H and O–H groups in total. The summed E-state index contributed by atoms with van der Waals surface area (Å²) in [6, 6.07) is 3.11. The van der Waals surface area contributed by atoms with Gasteiger partial charge in [-0.2, -0.15) is 0 Å². The van der Waals surface area contributed by atoms with Gasteiger partial charge in [0.05, 0.1) is 0 Å². The molecule has 1 aromatic rings. The van der Waals surface area contributed by atoms with Crippen LogP contribution in [0.2, 0.25) is 0 Å². The number of halogens is 2. The lowest BCUT2D eigenvalue weighted by Crippen LogP contribution is -2.23. The monoisotopic (exact) mass is 233 g/mol. The third-order valence-electron chi connectivity index (χ3n) is 1.85. The Kier molecular flexibility index (Phi) is 5.01. The minimum atomic E-state index is -0.463. The van der Waals surface area contributed by atoms with E-state index in [4.69, 9.17) is 10.8 Å². The highest BCUT2D eigenvalue weighted by atomic mass is 32.2. The molecule has 0 fully saturated rings. The van der Waals surface area contributed by atoms with Crippen LogP contribution in [0, 0.1) is 11.6 Å². The molecular weight excluding hydrogens is 220 g/mol. The summed E-state index contributed by atoms with van der Waals surface area (Å²) in [5.74, 6) is -0.451. The molecule has 0 saturated heterocycles. The molecule has 1 atom stereocenters. The lowest BCUT2D eigenvalue weighted by molar-refractivity contribution is 0.279. The third kappa shape index (κ3) is 4.15. The number of benzene rings is 1. The van der Waals surface area contributed by atoms with Crippen LogP contribution >= 0.6 is 11.8 Å². The minimum Gasteiger partial charge on any atom is -0.396 e. The second-order valence-corrected chi connectivity index (χ2v) is 4.22. The van der Waals surface area contributed by atoms with Crippen LogP contribution in [-0.2, 0) is 0 Å². The van der Waals surface area contributed by atoms with Crippen molar-refractivity contribution in [2.75, 3.05) is 12.4 Å². The lowest BCUT2D eigenvalue weighted by atomic mass is 10.3. The van der Waals surface area contributed by atoms with Gasteiger partial charge in [-0.3, -0.25) is 0 Å². The van der Waals surface area contributed by atoms with Gasteiger partial charge in [0, 0.05) is 23.3 Å². The van der Waals surface area contributed by atoms with Gasteiger partial charge in [0.25, 0.3) is 0 Å². The van der Waals surface area contributed by atoms with Crippen molar-refractivity contribution >= 4 is 11.8 Å². The minimum absolute atomic E-state index is 0.00730. The molecule has 0 bridgehead atoms. The fourth-order valence-corrected chi connectivity index (χ4v) is 2.00. The van der Waals surface area contributed by atoms with Gasteiger partial charge in [0.15, 0.2) is 0 Å². The zero-order valence-electron chi connectivity index (χ0n) is 8.12. The molecule has 0 aromatic heterocycles. The Morgan fingerprint density at radius 2 is 2.13 bits per heavy atom. The van der Waals surface area contributed by atoms with Crippen LogP contribution in [0.1, 0.15) is 6.42 Å². The highest BCUT2D eigenvalue weighted by molar-refractivity contribution is 7.99. The van der Waals surface area contributed by atoms with Gasteiger partial charge < -0.3 is 10.8 Å². The zero-order valence-corrected chi connectivity index (χ0v) is 8.94. The summed E-state index contributed by atoms with van der Waals surface area (Å²) in [5.41, 5.74) is 5.62. The highest BCUT2D eigenvalue weighted by Gasteiger charge is 2.07. The number of nitrogens with two attached hydrogens (primary N) is 1. The summed E-state index contributed by atoms with van der Waals surface area (Å²) in [6.07, 6.45) is 0.462. The normalized spacial score (nSPS) is 12.8. The van der Waals surface area contributed by atoms with E-state index in [1.165, 1.54) is 0 Å². The summed E-state index contributed by atoms with van der Waals surface area (Å²) in [4.78, 5) is 0.253. The summed E-state index contributed by atoms with van der Waals surface area (Å²) in [6.45, 7) is 0.00730. The van der Waals surface area contributed by atoms with Crippen LogP contribution < -0.4 is 5.73 Å². The fraction of sp³-hybridized carbons (Fsp3) is 0.400. The molecule has 2 nitrogen and oxygen atoms in total. The summed E-state index contributed by atoms with van der Waals surface area (Å²) < 4.78 is 25.9. The Labute approximate surface area is 91.5 Å². The van der Waals surface area contributed by atoms with E-state index in [1.54, 1.807) is 0 Å². The maximum atomic E-state index is 13.1. The number of thioether (sulfide) groups is 1. The molecule has 1 unspecified atom stereocenters. The first kappa shape index (κ1) is 12.4. The van der Waals surface area contributed by atoms with E-state index in [0.717, 1.165) is 30.0 Å². The van der Waals surface area contributed by atoms with Crippen molar-refractivity contribution in [1.29, 1.82) is 0 Å². The average molecular weight is 233 g/mol. The molecule has 0 spiro atoms. The maximum Gasteiger partial charge on any atom is 0.136 e. The first-order chi connectivity index (χ1) is 7.13. The first-order valence-electron chi connectivity index (χ1n) is 4.57. The van der Waals surface area contributed by atoms with Gasteiger partial charge in [-0.05, 0) is 24.6 Å². The van der Waals surface area contributed by atoms with Gasteiger partial charge in [-0.15, -0.1) is 11.8 Å². The molecule has 1 rings (SSSR count). The van der Waals surface area contributed by atoms with Crippen LogP contribution in [0.25, 0.3) is 0 Å². The van der Waals surface area contributed by atoms with E-state index in [-0.39, 0.29) is 17.5 Å². The van der Waals surface area contributed by atoms with Crippen molar-refractivity contribution in [2.45, 2.75) is 17.4 Å². The Morgan fingerprint density at radius 3 is 2.80 bits per heavy atom. The zero-order chi connectivity index (χ0) is 11.3. The quantitative estimate of drug-likeness (QED) is 0.762. The van der Waals surface area contributed by atoms with Gasteiger partial charge in [-0.1, -0.05) is 0 Å². The van der Waals surface area contributed by atoms with Gasteiger partial charge in [0.1, 0.15) is 11.6 Å². The van der Waals surface area contributed by atoms with Crippen molar-refractivity contribution < 1.29 is 13.9 Å². The van der Waals surface area contributed by atoms with Crippen LogP contribution in [-0.4, -0.2) is 23.5 Å². The van der Waals surface area contributed by atoms with Crippen molar-refractivity contribution in [3.63, 3.8) is 0 Å². The van der Waals surface area contributed by atoms with Gasteiger partial charge in [-0.25, -0.2) is 8.78 Å². The predicted molar refractivity (Wildman–Crippen MR) is 56.8 cm³/mol. The Balaban J connectivity index is 2.53. The summed E-state index contributed by atoms with van der Waals surface area (Å²) >= 11 is 1.16. The van der Waals surface area contributed by atoms with Crippen molar-refractivity contribution in [3.05, 3.63) is 29.8 Å². The topological polar surface area (TPSA) is 46.2 Å². The van der Waals surface area contributed by atoms with Crippen molar-refractivity contribution in [3.8, 4) is 0 Å². The summed E-state index contributed by atoms with van der Waals surface area (Å²) in [7, 11) is 0. The van der Waals surface area contributed by atoms with E-state index in [9.17, 15) is 8.78 Å². The van der Waals surface area contributed by atoms with Crippen molar-refractivity contribution in [2.24, 2.45) is 5.73 Å². The number of rotatable bonds is 5. The Hall–Kier alpha value is -0.650. The molecule has 0 aliphatic heterocycles. The first-order valence-corrected chi connectivity index (χ1v) is 5.56. The van der Waals surface area contributed by atoms with Gasteiger partial charge in [0.2, 0.25) is 0 Å². The van der Waals surface area contributed by atoms with E-state index in [1.807, 2.05) is 0 Å². The molecule has 0 radical (unpaired) electrons. The molecule has 15 heavy (non-hydrogen) atoms. The molecular formula is C10H13F2NOS. The molecule has 0 saturated carbocycles. The Morgan fingerprint density at radius 1 is 1.40 bits per heavy atom. The number of aliphatic hydroxyl groups excluding tert-OH is 1. The van der Waals surface area contributed by atoms with E-state index < -0.39 is 11.6 Å². The SMILES string of the molecule is NC(CCO)CSc1cc(F)ccc1F. The van der Waals surface area contributed by atoms with E-state index >= 15 is 0 Å². The van der Waals surface area contributed by atoms with E-state index in [0.29, 0.717) is 12.2 Å². The standard InChI is InChI=1S/C10H13F2NOS/c11-7-1-2-9(12)10(5-7)15-6-8(13)3-4-14/h1-2,5,8,14H,3-4,6,13H2. The molecule has 5 heteroatoms. The second kappa shape index (κ2) is 6.05. The largest absolute Gasteiger partial charge is 0.396 e. The number of hydrogen-bond donors (Lipinski definition) is 2. The predicted octanol–water partition coefficient (Wildman–Crippen LogP) is 1.77. The van der Waals surface area contributed by atoms with Crippen LogP contribution in [0.15, 0.2) is 23.1 Å². The molecule has 84 valence electrons. The van der Waals surface area contributed by atoms with Crippen LogP contribution in [0.5, 0.6) is 0 Å². The smallest absolute Gasteiger partial charge is 0.136 e. The molecule has 0 aliphatic carbocycles. The molecule has 0 aliphatic rings.